The zero-order valence-corrected chi connectivity index (χ0v) is 11.3. The highest BCUT2D eigenvalue weighted by Crippen LogP contribution is 2.38. The van der Waals surface area contributed by atoms with E-state index in [9.17, 15) is 5.11 Å². The van der Waals surface area contributed by atoms with E-state index in [4.69, 9.17) is 22.1 Å². The molecule has 3 N–H and O–H groups in total. The summed E-state index contributed by atoms with van der Waals surface area (Å²) in [5, 5.41) is 10.8. The number of methoxy groups -OCH3 is 1. The van der Waals surface area contributed by atoms with Crippen LogP contribution in [0.2, 0.25) is 5.02 Å². The highest BCUT2D eigenvalue weighted by molar-refractivity contribution is 6.32. The summed E-state index contributed by atoms with van der Waals surface area (Å²) in [5.74, 6) is 0.605. The molecule has 2 unspecified atom stereocenters. The summed E-state index contributed by atoms with van der Waals surface area (Å²) in [6.45, 7) is 4.41. The Morgan fingerprint density at radius 2 is 2.18 bits per heavy atom. The lowest BCUT2D eigenvalue weighted by molar-refractivity contribution is 0.0391. The fraction of sp³-hybridized carbons (Fsp3) is 0.538. The van der Waals surface area contributed by atoms with Crippen molar-refractivity contribution in [1.82, 2.24) is 0 Å². The van der Waals surface area contributed by atoms with Gasteiger partial charge in [0.25, 0.3) is 0 Å². The molecule has 3 nitrogen and oxygen atoms in total. The molecule has 1 rings (SSSR count). The first kappa shape index (κ1) is 14.3. The second-order valence-electron chi connectivity index (χ2n) is 4.51. The number of hydrogen-bond donors (Lipinski definition) is 2. The molecule has 0 aromatic heterocycles. The molecule has 0 radical (unpaired) electrons. The quantitative estimate of drug-likeness (QED) is 0.853. The van der Waals surface area contributed by atoms with Crippen LogP contribution in [-0.2, 0) is 0 Å². The van der Waals surface area contributed by atoms with Crippen molar-refractivity contribution in [2.75, 3.05) is 13.7 Å². The summed E-state index contributed by atoms with van der Waals surface area (Å²) in [5.41, 5.74) is 6.17. The van der Waals surface area contributed by atoms with Crippen LogP contribution in [0.15, 0.2) is 18.2 Å². The van der Waals surface area contributed by atoms with Crippen molar-refractivity contribution in [3.63, 3.8) is 0 Å². The average Bonchev–Trinajstić information content (AvgIpc) is 2.36. The molecule has 0 saturated heterocycles. The van der Waals surface area contributed by atoms with Crippen LogP contribution < -0.4 is 10.5 Å². The molecule has 1 aromatic rings. The predicted octanol–water partition coefficient (Wildman–Crippen LogP) is 2.76. The van der Waals surface area contributed by atoms with Crippen molar-refractivity contribution in [2.45, 2.75) is 26.4 Å². The smallest absolute Gasteiger partial charge is 0.137 e. The Morgan fingerprint density at radius 3 is 2.59 bits per heavy atom. The summed E-state index contributed by atoms with van der Waals surface area (Å²) in [6.07, 6.45) is 0.176. The molecule has 0 fully saturated rings. The topological polar surface area (TPSA) is 55.5 Å². The summed E-state index contributed by atoms with van der Waals surface area (Å²) in [4.78, 5) is 0. The normalized spacial score (nSPS) is 16.4. The molecule has 17 heavy (non-hydrogen) atoms. The predicted molar refractivity (Wildman–Crippen MR) is 70.4 cm³/mol. The third-order valence-electron chi connectivity index (χ3n) is 3.43. The van der Waals surface area contributed by atoms with Gasteiger partial charge in [-0.25, -0.2) is 0 Å². The largest absolute Gasteiger partial charge is 0.495 e. The fourth-order valence-corrected chi connectivity index (χ4v) is 1.97. The van der Waals surface area contributed by atoms with E-state index in [1.54, 1.807) is 19.2 Å². The lowest BCUT2D eigenvalue weighted by Gasteiger charge is -2.32. The van der Waals surface area contributed by atoms with E-state index >= 15 is 0 Å². The summed E-state index contributed by atoms with van der Waals surface area (Å²) < 4.78 is 5.08. The zero-order chi connectivity index (χ0) is 13.1. The van der Waals surface area contributed by atoms with Gasteiger partial charge in [0, 0.05) is 12.0 Å². The standard InChI is InChI=1S/C13H20ClNO2/c1-4-13(2,8-15)12(16)9-5-6-11(17-3)10(14)7-9/h5-7,12,16H,4,8,15H2,1-3H3. The average molecular weight is 258 g/mol. The molecule has 1 aromatic carbocycles. The molecule has 0 aliphatic rings. The minimum Gasteiger partial charge on any atom is -0.495 e. The summed E-state index contributed by atoms with van der Waals surface area (Å²) >= 11 is 6.04. The molecule has 0 saturated carbocycles. The van der Waals surface area contributed by atoms with Crippen LogP contribution in [-0.4, -0.2) is 18.8 Å². The Hall–Kier alpha value is -0.770. The Morgan fingerprint density at radius 1 is 1.53 bits per heavy atom. The number of benzene rings is 1. The van der Waals surface area contributed by atoms with Crippen LogP contribution in [0.3, 0.4) is 0 Å². The van der Waals surface area contributed by atoms with Gasteiger partial charge in [0.05, 0.1) is 18.2 Å². The second kappa shape index (κ2) is 5.71. The Bertz CT molecular complexity index is 378. The Balaban J connectivity index is 3.04. The lowest BCUT2D eigenvalue weighted by Crippen LogP contribution is -2.33. The van der Waals surface area contributed by atoms with E-state index in [-0.39, 0.29) is 5.41 Å². The van der Waals surface area contributed by atoms with Crippen LogP contribution in [0.25, 0.3) is 0 Å². The van der Waals surface area contributed by atoms with Crippen molar-refractivity contribution >= 4 is 11.6 Å². The maximum atomic E-state index is 10.3. The van der Waals surface area contributed by atoms with Gasteiger partial charge in [-0.1, -0.05) is 31.5 Å². The molecular formula is C13H20ClNO2. The molecule has 0 spiro atoms. The maximum Gasteiger partial charge on any atom is 0.137 e. The van der Waals surface area contributed by atoms with Crippen molar-refractivity contribution in [3.05, 3.63) is 28.8 Å². The van der Waals surface area contributed by atoms with E-state index in [0.29, 0.717) is 17.3 Å². The lowest BCUT2D eigenvalue weighted by atomic mass is 9.78. The second-order valence-corrected chi connectivity index (χ2v) is 4.92. The third kappa shape index (κ3) is 2.92. The number of halogens is 1. The number of aliphatic hydroxyl groups is 1. The van der Waals surface area contributed by atoms with Crippen molar-refractivity contribution in [2.24, 2.45) is 11.1 Å². The molecule has 0 heterocycles. The highest BCUT2D eigenvalue weighted by atomic mass is 35.5. The van der Waals surface area contributed by atoms with Crippen molar-refractivity contribution < 1.29 is 9.84 Å². The summed E-state index contributed by atoms with van der Waals surface area (Å²) in [7, 11) is 1.56. The molecule has 0 bridgehead atoms. The maximum absolute atomic E-state index is 10.3. The molecule has 4 heteroatoms. The van der Waals surface area contributed by atoms with E-state index in [1.807, 2.05) is 19.9 Å². The first-order valence-corrected chi connectivity index (χ1v) is 6.08. The highest BCUT2D eigenvalue weighted by Gasteiger charge is 2.31. The SMILES string of the molecule is CCC(C)(CN)C(O)c1ccc(OC)c(Cl)c1. The zero-order valence-electron chi connectivity index (χ0n) is 10.5. The van der Waals surface area contributed by atoms with Gasteiger partial charge < -0.3 is 15.6 Å². The van der Waals surface area contributed by atoms with Gasteiger partial charge in [0.1, 0.15) is 5.75 Å². The van der Waals surface area contributed by atoms with E-state index in [2.05, 4.69) is 0 Å². The number of hydrogen-bond acceptors (Lipinski definition) is 3. The van der Waals surface area contributed by atoms with Gasteiger partial charge in [-0.2, -0.15) is 0 Å². The number of nitrogens with two attached hydrogens (primary N) is 1. The number of ether oxygens (including phenoxy) is 1. The minimum atomic E-state index is -0.624. The monoisotopic (exact) mass is 257 g/mol. The number of rotatable bonds is 5. The number of aliphatic hydroxyl groups excluding tert-OH is 1. The Kier molecular flexibility index (Phi) is 4.80. The Labute approximate surface area is 108 Å². The minimum absolute atomic E-state index is 0.335. The molecular weight excluding hydrogens is 238 g/mol. The molecule has 0 amide bonds. The van der Waals surface area contributed by atoms with Crippen LogP contribution in [0.1, 0.15) is 31.9 Å². The van der Waals surface area contributed by atoms with Gasteiger partial charge in [-0.3, -0.25) is 0 Å². The van der Waals surface area contributed by atoms with Crippen molar-refractivity contribution in [3.8, 4) is 5.75 Å². The van der Waals surface area contributed by atoms with E-state index < -0.39 is 6.10 Å². The van der Waals surface area contributed by atoms with Gasteiger partial charge in [-0.05, 0) is 24.1 Å². The van der Waals surface area contributed by atoms with Gasteiger partial charge in [0.2, 0.25) is 0 Å². The molecule has 96 valence electrons. The summed E-state index contributed by atoms with van der Waals surface area (Å²) in [6, 6.07) is 5.31. The fourth-order valence-electron chi connectivity index (χ4n) is 1.70. The van der Waals surface area contributed by atoms with Crippen molar-refractivity contribution in [1.29, 1.82) is 0 Å². The van der Waals surface area contributed by atoms with E-state index in [1.165, 1.54) is 0 Å². The molecule has 2 atom stereocenters. The first-order valence-electron chi connectivity index (χ1n) is 5.70. The first-order chi connectivity index (χ1) is 7.98. The third-order valence-corrected chi connectivity index (χ3v) is 3.72. The van der Waals surface area contributed by atoms with Gasteiger partial charge >= 0.3 is 0 Å². The molecule has 0 aliphatic heterocycles. The van der Waals surface area contributed by atoms with Crippen LogP contribution >= 0.6 is 11.6 Å². The van der Waals surface area contributed by atoms with Gasteiger partial charge in [-0.15, -0.1) is 0 Å². The van der Waals surface area contributed by atoms with Crippen LogP contribution in [0.5, 0.6) is 5.75 Å². The van der Waals surface area contributed by atoms with E-state index in [0.717, 1.165) is 12.0 Å². The van der Waals surface area contributed by atoms with Crippen LogP contribution in [0.4, 0.5) is 0 Å². The van der Waals surface area contributed by atoms with Gasteiger partial charge in [0.15, 0.2) is 0 Å². The van der Waals surface area contributed by atoms with Crippen LogP contribution in [0, 0.1) is 5.41 Å². The molecule has 0 aliphatic carbocycles.